The van der Waals surface area contributed by atoms with E-state index >= 15 is 0 Å². The predicted octanol–water partition coefficient (Wildman–Crippen LogP) is 3.12. The Morgan fingerprint density at radius 1 is 1.00 bits per heavy atom. The topological polar surface area (TPSA) is 43.8 Å². The smallest absolute Gasteiger partial charge is 0.219 e. The third kappa shape index (κ3) is 3.52. The molecule has 3 atom stereocenters. The van der Waals surface area contributed by atoms with Gasteiger partial charge in [-0.25, -0.2) is 0 Å². The summed E-state index contributed by atoms with van der Waals surface area (Å²) in [4.78, 5) is 16.4. The van der Waals surface area contributed by atoms with Crippen LogP contribution < -0.4 is 0 Å². The van der Waals surface area contributed by atoms with Crippen LogP contribution in [0.25, 0.3) is 11.1 Å². The lowest BCUT2D eigenvalue weighted by Gasteiger charge is -2.57. The maximum atomic E-state index is 12.0. The highest BCUT2D eigenvalue weighted by molar-refractivity contribution is 5.73. The van der Waals surface area contributed by atoms with Gasteiger partial charge in [0.15, 0.2) is 0 Å². The van der Waals surface area contributed by atoms with Crippen LogP contribution in [0.1, 0.15) is 31.2 Å². The number of carbonyl (C=O) groups excluding carboxylic acids is 1. The lowest BCUT2D eigenvalue weighted by molar-refractivity contribution is -0.134. The molecule has 2 aromatic carbocycles. The Balaban J connectivity index is 1.58. The van der Waals surface area contributed by atoms with Crippen molar-refractivity contribution < 1.29 is 9.90 Å². The fraction of sp³-hybridized carbons (Fsp3) is 0.435. The van der Waals surface area contributed by atoms with Crippen LogP contribution in [-0.2, 0) is 4.79 Å². The summed E-state index contributed by atoms with van der Waals surface area (Å²) in [6, 6.07) is 19.6. The van der Waals surface area contributed by atoms with Crippen molar-refractivity contribution in [3.8, 4) is 11.1 Å². The second-order valence-electron chi connectivity index (χ2n) is 7.74. The number of nitrogens with zero attached hydrogens (tertiary/aromatic N) is 2. The fourth-order valence-corrected chi connectivity index (χ4v) is 4.75. The fourth-order valence-electron chi connectivity index (χ4n) is 4.75. The van der Waals surface area contributed by atoms with Gasteiger partial charge in [0.05, 0.1) is 6.61 Å². The van der Waals surface area contributed by atoms with E-state index < -0.39 is 0 Å². The molecule has 4 heteroatoms. The van der Waals surface area contributed by atoms with Crippen LogP contribution in [0.3, 0.4) is 0 Å². The van der Waals surface area contributed by atoms with Crippen molar-refractivity contribution in [3.63, 3.8) is 0 Å². The molecule has 0 spiro atoms. The Bertz CT molecular complexity index is 775. The lowest BCUT2D eigenvalue weighted by Crippen LogP contribution is -2.67. The van der Waals surface area contributed by atoms with E-state index in [1.165, 1.54) is 16.7 Å². The largest absolute Gasteiger partial charge is 0.395 e. The van der Waals surface area contributed by atoms with Gasteiger partial charge in [0.1, 0.15) is 0 Å². The number of hydrogen-bond donors (Lipinski definition) is 1. The molecular weight excluding hydrogens is 336 g/mol. The predicted molar refractivity (Wildman–Crippen MR) is 107 cm³/mol. The minimum Gasteiger partial charge on any atom is -0.395 e. The highest BCUT2D eigenvalue weighted by atomic mass is 16.3. The first-order chi connectivity index (χ1) is 13.2. The monoisotopic (exact) mass is 364 g/mol. The Kier molecular flexibility index (Phi) is 5.28. The van der Waals surface area contributed by atoms with Gasteiger partial charge in [-0.05, 0) is 36.1 Å². The molecule has 1 N–H and O–H groups in total. The van der Waals surface area contributed by atoms with Crippen LogP contribution in [0.5, 0.6) is 0 Å². The quantitative estimate of drug-likeness (QED) is 0.910. The molecule has 4 rings (SSSR count). The molecule has 0 saturated carbocycles. The number of carbonyl (C=O) groups is 1. The highest BCUT2D eigenvalue weighted by Crippen LogP contribution is 2.42. The van der Waals surface area contributed by atoms with E-state index in [9.17, 15) is 9.90 Å². The van der Waals surface area contributed by atoms with Gasteiger partial charge in [-0.3, -0.25) is 9.69 Å². The molecule has 0 aliphatic carbocycles. The molecule has 0 bridgehead atoms. The van der Waals surface area contributed by atoms with Gasteiger partial charge in [0.2, 0.25) is 5.91 Å². The molecule has 27 heavy (non-hydrogen) atoms. The molecule has 2 aliphatic rings. The summed E-state index contributed by atoms with van der Waals surface area (Å²) in [6.07, 6.45) is 2.12. The van der Waals surface area contributed by atoms with Crippen molar-refractivity contribution in [1.82, 2.24) is 9.80 Å². The third-order valence-electron chi connectivity index (χ3n) is 6.22. The van der Waals surface area contributed by atoms with Gasteiger partial charge >= 0.3 is 0 Å². The van der Waals surface area contributed by atoms with Gasteiger partial charge in [0.25, 0.3) is 0 Å². The first kappa shape index (κ1) is 18.2. The maximum absolute atomic E-state index is 12.0. The molecule has 0 unspecified atom stereocenters. The molecule has 0 radical (unpaired) electrons. The van der Waals surface area contributed by atoms with Crippen LogP contribution in [0, 0.1) is 0 Å². The molecular formula is C23H28N2O2. The van der Waals surface area contributed by atoms with Crippen LogP contribution in [0.15, 0.2) is 54.6 Å². The molecule has 2 heterocycles. The van der Waals surface area contributed by atoms with Crippen molar-refractivity contribution in [2.24, 2.45) is 0 Å². The Hall–Kier alpha value is -2.17. The summed E-state index contributed by atoms with van der Waals surface area (Å²) in [5.41, 5.74) is 3.69. The first-order valence-corrected chi connectivity index (χ1v) is 9.96. The molecule has 1 amide bonds. The molecule has 2 fully saturated rings. The van der Waals surface area contributed by atoms with Gasteiger partial charge in [-0.2, -0.15) is 0 Å². The molecule has 0 aromatic heterocycles. The van der Waals surface area contributed by atoms with E-state index in [2.05, 4.69) is 53.4 Å². The van der Waals surface area contributed by atoms with Crippen molar-refractivity contribution in [2.75, 3.05) is 26.2 Å². The normalized spacial score (nSPS) is 25.9. The number of hydrogen-bond acceptors (Lipinski definition) is 3. The molecule has 2 saturated heterocycles. The number of benzene rings is 2. The summed E-state index contributed by atoms with van der Waals surface area (Å²) in [7, 11) is 0. The average molecular weight is 364 g/mol. The van der Waals surface area contributed by atoms with Crippen LogP contribution in [0.4, 0.5) is 0 Å². The van der Waals surface area contributed by atoms with Crippen molar-refractivity contribution in [1.29, 1.82) is 0 Å². The van der Waals surface area contributed by atoms with E-state index in [0.717, 1.165) is 32.5 Å². The minimum absolute atomic E-state index is 0.155. The zero-order chi connectivity index (χ0) is 18.8. The van der Waals surface area contributed by atoms with E-state index in [1.54, 1.807) is 6.92 Å². The van der Waals surface area contributed by atoms with Gasteiger partial charge in [-0.1, -0.05) is 54.6 Å². The summed E-state index contributed by atoms with van der Waals surface area (Å²) >= 11 is 0. The van der Waals surface area contributed by atoms with Crippen molar-refractivity contribution >= 4 is 5.91 Å². The number of fused-ring (bicyclic) bond motifs is 1. The molecule has 142 valence electrons. The van der Waals surface area contributed by atoms with Crippen LogP contribution in [-0.4, -0.2) is 59.1 Å². The average Bonchev–Trinajstić information content (AvgIpc) is 2.67. The number of rotatable bonds is 3. The SMILES string of the molecule is CC(=O)N1CCCCN2[C@H](C1)[C@H](c1ccc(-c3ccccc3)cc1)[C@@H]2CO. The van der Waals surface area contributed by atoms with Gasteiger partial charge in [-0.15, -0.1) is 0 Å². The Labute approximate surface area is 161 Å². The minimum atomic E-state index is 0.155. The van der Waals surface area contributed by atoms with E-state index in [-0.39, 0.29) is 24.5 Å². The second-order valence-corrected chi connectivity index (χ2v) is 7.74. The molecule has 2 aromatic rings. The summed E-state index contributed by atoms with van der Waals surface area (Å²) < 4.78 is 0. The van der Waals surface area contributed by atoms with E-state index in [4.69, 9.17) is 0 Å². The first-order valence-electron chi connectivity index (χ1n) is 9.96. The number of aliphatic hydroxyl groups is 1. The second kappa shape index (κ2) is 7.83. The van der Waals surface area contributed by atoms with Crippen LogP contribution >= 0.6 is 0 Å². The van der Waals surface area contributed by atoms with E-state index in [1.807, 2.05) is 11.0 Å². The zero-order valence-corrected chi connectivity index (χ0v) is 15.9. The van der Waals surface area contributed by atoms with Crippen LogP contribution in [0.2, 0.25) is 0 Å². The third-order valence-corrected chi connectivity index (χ3v) is 6.22. The molecule has 4 nitrogen and oxygen atoms in total. The summed E-state index contributed by atoms with van der Waals surface area (Å²) in [5, 5.41) is 10.0. The summed E-state index contributed by atoms with van der Waals surface area (Å²) in [6.45, 7) is 4.46. The standard InChI is InChI=1S/C23H28N2O2/c1-17(27)24-13-5-6-14-25-21(15-24)23(22(25)16-26)20-11-9-19(10-12-20)18-7-3-2-4-8-18/h2-4,7-12,21-23,26H,5-6,13-16H2,1H3/t21-,22+,23+/m1/s1. The van der Waals surface area contributed by atoms with Crippen molar-refractivity contribution in [2.45, 2.75) is 37.8 Å². The van der Waals surface area contributed by atoms with Gasteiger partial charge < -0.3 is 10.0 Å². The Morgan fingerprint density at radius 2 is 1.67 bits per heavy atom. The maximum Gasteiger partial charge on any atom is 0.219 e. The van der Waals surface area contributed by atoms with Gasteiger partial charge in [0, 0.05) is 38.0 Å². The van der Waals surface area contributed by atoms with E-state index in [0.29, 0.717) is 6.04 Å². The summed E-state index contributed by atoms with van der Waals surface area (Å²) in [5.74, 6) is 0.433. The highest BCUT2D eigenvalue weighted by Gasteiger charge is 2.49. The number of aliphatic hydroxyl groups excluding tert-OH is 1. The zero-order valence-electron chi connectivity index (χ0n) is 15.9. The van der Waals surface area contributed by atoms with Crippen molar-refractivity contribution in [3.05, 3.63) is 60.2 Å². The number of amides is 1. The lowest BCUT2D eigenvalue weighted by atomic mass is 9.74. The Morgan fingerprint density at radius 3 is 2.33 bits per heavy atom. The molecule has 2 aliphatic heterocycles.